The SMILES string of the molecule is Cc1cc([O-])c(C[NH+]2CCCC2)c2c1C(=O)C(=Cc1ccco1)O2. The van der Waals surface area contributed by atoms with Crippen molar-refractivity contribution in [3.05, 3.63) is 52.7 Å². The predicted molar refractivity (Wildman–Crippen MR) is 85.9 cm³/mol. The van der Waals surface area contributed by atoms with Crippen molar-refractivity contribution in [1.29, 1.82) is 0 Å². The van der Waals surface area contributed by atoms with Crippen LogP contribution in [0.2, 0.25) is 0 Å². The highest BCUT2D eigenvalue weighted by molar-refractivity contribution is 6.15. The summed E-state index contributed by atoms with van der Waals surface area (Å²) < 4.78 is 11.1. The average molecular weight is 325 g/mol. The maximum Gasteiger partial charge on any atom is 0.232 e. The third kappa shape index (κ3) is 2.51. The molecule has 1 aromatic heterocycles. The Morgan fingerprint density at radius 1 is 1.33 bits per heavy atom. The van der Waals surface area contributed by atoms with Crippen molar-refractivity contribution in [2.24, 2.45) is 0 Å². The molecule has 2 aliphatic rings. The lowest BCUT2D eigenvalue weighted by molar-refractivity contribution is -0.901. The van der Waals surface area contributed by atoms with Gasteiger partial charge in [0, 0.05) is 24.5 Å². The Kier molecular flexibility index (Phi) is 3.65. The molecule has 24 heavy (non-hydrogen) atoms. The summed E-state index contributed by atoms with van der Waals surface area (Å²) in [6.07, 6.45) is 5.49. The lowest BCUT2D eigenvalue weighted by atomic mass is 9.99. The van der Waals surface area contributed by atoms with E-state index >= 15 is 0 Å². The zero-order valence-electron chi connectivity index (χ0n) is 13.6. The number of nitrogens with one attached hydrogen (secondary N) is 1. The van der Waals surface area contributed by atoms with Gasteiger partial charge in [-0.15, -0.1) is 0 Å². The number of rotatable bonds is 3. The second-order valence-corrected chi connectivity index (χ2v) is 6.46. The minimum atomic E-state index is -0.184. The van der Waals surface area contributed by atoms with Crippen LogP contribution in [0.5, 0.6) is 11.5 Å². The number of ketones is 1. The first-order valence-electron chi connectivity index (χ1n) is 8.28. The first-order valence-corrected chi connectivity index (χ1v) is 8.28. The molecule has 2 aliphatic heterocycles. The van der Waals surface area contributed by atoms with Gasteiger partial charge in [0.1, 0.15) is 18.1 Å². The summed E-state index contributed by atoms with van der Waals surface area (Å²) >= 11 is 0. The first-order chi connectivity index (χ1) is 11.6. The molecule has 0 aliphatic carbocycles. The van der Waals surface area contributed by atoms with Crippen molar-refractivity contribution < 1.29 is 24.0 Å². The van der Waals surface area contributed by atoms with E-state index in [-0.39, 0.29) is 17.3 Å². The molecule has 4 rings (SSSR count). The van der Waals surface area contributed by atoms with E-state index in [2.05, 4.69) is 0 Å². The number of hydrogen-bond acceptors (Lipinski definition) is 4. The van der Waals surface area contributed by atoms with Gasteiger partial charge in [0.15, 0.2) is 5.76 Å². The number of hydrogen-bond donors (Lipinski definition) is 1. The molecule has 1 fully saturated rings. The molecule has 0 spiro atoms. The Bertz CT molecular complexity index is 814. The second-order valence-electron chi connectivity index (χ2n) is 6.46. The second kappa shape index (κ2) is 5.83. The van der Waals surface area contributed by atoms with Crippen LogP contribution < -0.4 is 14.7 Å². The molecule has 3 heterocycles. The van der Waals surface area contributed by atoms with Crippen molar-refractivity contribution in [2.75, 3.05) is 13.1 Å². The summed E-state index contributed by atoms with van der Waals surface area (Å²) in [5.74, 6) is 0.987. The van der Waals surface area contributed by atoms with Gasteiger partial charge in [-0.05, 0) is 24.6 Å². The molecule has 124 valence electrons. The van der Waals surface area contributed by atoms with Crippen LogP contribution in [0, 0.1) is 6.92 Å². The summed E-state index contributed by atoms with van der Waals surface area (Å²) in [5, 5.41) is 12.5. The Morgan fingerprint density at radius 3 is 2.83 bits per heavy atom. The van der Waals surface area contributed by atoms with Crippen molar-refractivity contribution in [3.63, 3.8) is 0 Å². The van der Waals surface area contributed by atoms with E-state index in [0.717, 1.165) is 13.1 Å². The minimum absolute atomic E-state index is 0.0438. The van der Waals surface area contributed by atoms with Crippen LogP contribution in [-0.4, -0.2) is 18.9 Å². The molecule has 5 heteroatoms. The molecule has 5 nitrogen and oxygen atoms in total. The number of fused-ring (bicyclic) bond motifs is 1. The summed E-state index contributed by atoms with van der Waals surface area (Å²) in [6.45, 7) is 4.52. The van der Waals surface area contributed by atoms with Crippen molar-refractivity contribution in [1.82, 2.24) is 0 Å². The third-order valence-electron chi connectivity index (χ3n) is 4.76. The van der Waals surface area contributed by atoms with E-state index in [1.807, 2.05) is 0 Å². The fourth-order valence-corrected chi connectivity index (χ4v) is 3.54. The lowest BCUT2D eigenvalue weighted by Crippen LogP contribution is -3.08. The van der Waals surface area contributed by atoms with Crippen molar-refractivity contribution in [2.45, 2.75) is 26.3 Å². The highest BCUT2D eigenvalue weighted by Gasteiger charge is 2.33. The Morgan fingerprint density at radius 2 is 2.12 bits per heavy atom. The molecular weight excluding hydrogens is 306 g/mol. The van der Waals surface area contributed by atoms with Crippen LogP contribution in [0.1, 0.15) is 40.1 Å². The highest BCUT2D eigenvalue weighted by atomic mass is 16.5. The Hall–Kier alpha value is -2.53. The topological polar surface area (TPSA) is 66.9 Å². The standard InChI is InChI=1S/C19H19NO4/c1-12-9-15(21)14(11-20-6-2-3-7-20)19-17(12)18(22)16(24-19)10-13-5-4-8-23-13/h4-5,8-10,21H,2-3,6-7,11H2,1H3. The van der Waals surface area contributed by atoms with Crippen molar-refractivity contribution >= 4 is 11.9 Å². The van der Waals surface area contributed by atoms with E-state index < -0.39 is 0 Å². The number of furan rings is 1. The van der Waals surface area contributed by atoms with Crippen LogP contribution in [-0.2, 0) is 6.54 Å². The predicted octanol–water partition coefficient (Wildman–Crippen LogP) is 1.46. The quantitative estimate of drug-likeness (QED) is 0.868. The van der Waals surface area contributed by atoms with Gasteiger partial charge in [-0.1, -0.05) is 11.8 Å². The molecule has 1 N–H and O–H groups in total. The number of quaternary nitrogens is 1. The third-order valence-corrected chi connectivity index (χ3v) is 4.76. The van der Waals surface area contributed by atoms with E-state index in [1.54, 1.807) is 37.5 Å². The maximum absolute atomic E-state index is 12.7. The molecular formula is C19H19NO4. The zero-order chi connectivity index (χ0) is 16.7. The average Bonchev–Trinajstić information content (AvgIpc) is 3.27. The normalized spacial score (nSPS) is 19.0. The van der Waals surface area contributed by atoms with Crippen LogP contribution >= 0.6 is 0 Å². The minimum Gasteiger partial charge on any atom is -0.872 e. The van der Waals surface area contributed by atoms with Gasteiger partial charge < -0.3 is 19.2 Å². The number of carbonyl (C=O) groups is 1. The van der Waals surface area contributed by atoms with E-state index in [1.165, 1.54) is 17.7 Å². The fourth-order valence-electron chi connectivity index (χ4n) is 3.54. The smallest absolute Gasteiger partial charge is 0.232 e. The molecule has 0 atom stereocenters. The molecule has 2 aromatic rings. The number of allylic oxidation sites excluding steroid dienone is 1. The number of benzene rings is 1. The molecule has 1 saturated heterocycles. The monoisotopic (exact) mass is 325 g/mol. The van der Waals surface area contributed by atoms with Gasteiger partial charge in [0.25, 0.3) is 0 Å². The maximum atomic E-state index is 12.7. The molecule has 0 unspecified atom stereocenters. The first kappa shape index (κ1) is 15.0. The Balaban J connectivity index is 1.74. The largest absolute Gasteiger partial charge is 0.872 e. The molecule has 0 radical (unpaired) electrons. The van der Waals surface area contributed by atoms with Crippen molar-refractivity contribution in [3.8, 4) is 11.5 Å². The molecule has 1 aromatic carbocycles. The number of likely N-dealkylation sites (tertiary alicyclic amines) is 1. The van der Waals surface area contributed by atoms with E-state index in [9.17, 15) is 9.90 Å². The summed E-state index contributed by atoms with van der Waals surface area (Å²) in [4.78, 5) is 14.1. The number of Topliss-reactive ketones (excluding diaryl/α,β-unsaturated/α-hetero) is 1. The fraction of sp³-hybridized carbons (Fsp3) is 0.316. The molecule has 0 amide bonds. The highest BCUT2D eigenvalue weighted by Crippen LogP contribution is 2.40. The van der Waals surface area contributed by atoms with Crippen LogP contribution in [0.15, 0.2) is 34.6 Å². The van der Waals surface area contributed by atoms with Crippen LogP contribution in [0.25, 0.3) is 6.08 Å². The van der Waals surface area contributed by atoms with Gasteiger partial charge in [-0.3, -0.25) is 4.79 Å². The number of ether oxygens (including phenoxy) is 1. The Labute approximate surface area is 140 Å². The van der Waals surface area contributed by atoms with Gasteiger partial charge in [-0.2, -0.15) is 0 Å². The summed E-state index contributed by atoms with van der Waals surface area (Å²) in [7, 11) is 0. The van der Waals surface area contributed by atoms with E-state index in [4.69, 9.17) is 9.15 Å². The van der Waals surface area contributed by atoms with Crippen LogP contribution in [0.4, 0.5) is 0 Å². The zero-order valence-corrected chi connectivity index (χ0v) is 13.6. The molecule has 0 saturated carbocycles. The summed E-state index contributed by atoms with van der Waals surface area (Å²) in [6, 6.07) is 5.07. The van der Waals surface area contributed by atoms with Gasteiger partial charge in [0.2, 0.25) is 5.78 Å². The van der Waals surface area contributed by atoms with E-state index in [0.29, 0.717) is 34.7 Å². The van der Waals surface area contributed by atoms with Gasteiger partial charge >= 0.3 is 0 Å². The number of carbonyl (C=O) groups excluding carboxylic acids is 1. The molecule has 0 bridgehead atoms. The summed E-state index contributed by atoms with van der Waals surface area (Å²) in [5.41, 5.74) is 1.80. The van der Waals surface area contributed by atoms with Gasteiger partial charge in [-0.25, -0.2) is 0 Å². The number of aryl methyl sites for hydroxylation is 1. The van der Waals surface area contributed by atoms with Crippen LogP contribution in [0.3, 0.4) is 0 Å². The van der Waals surface area contributed by atoms with Gasteiger partial charge in [0.05, 0.1) is 24.9 Å². The lowest BCUT2D eigenvalue weighted by Gasteiger charge is -2.20.